The lowest BCUT2D eigenvalue weighted by molar-refractivity contribution is 0.360. The Hall–Kier alpha value is -2.09. The molecule has 1 atom stereocenters. The summed E-state index contributed by atoms with van der Waals surface area (Å²) in [5, 5.41) is 0. The van der Waals surface area contributed by atoms with Crippen LogP contribution in [0, 0.1) is 0 Å². The maximum Gasteiger partial charge on any atom is 0.312 e. The molecule has 2 rings (SSSR count). The Bertz CT molecular complexity index is 524. The highest BCUT2D eigenvalue weighted by Gasteiger charge is 2.08. The molecule has 109 valence electrons. The van der Waals surface area contributed by atoms with E-state index >= 15 is 0 Å². The first kappa shape index (κ1) is 15.3. The SMILES string of the molecule is CC(CCCN([C]=O)Cc1ccccc1)c1ccccc1. The first-order valence-electron chi connectivity index (χ1n) is 7.51. The van der Waals surface area contributed by atoms with E-state index < -0.39 is 0 Å². The minimum Gasteiger partial charge on any atom is -0.330 e. The van der Waals surface area contributed by atoms with Crippen molar-refractivity contribution in [2.24, 2.45) is 0 Å². The predicted molar refractivity (Wildman–Crippen MR) is 86.6 cm³/mol. The van der Waals surface area contributed by atoms with Gasteiger partial charge in [-0.05, 0) is 29.9 Å². The first-order chi connectivity index (χ1) is 10.3. The van der Waals surface area contributed by atoms with E-state index in [9.17, 15) is 4.79 Å². The second-order valence-electron chi connectivity index (χ2n) is 5.45. The van der Waals surface area contributed by atoms with Crippen molar-refractivity contribution in [1.29, 1.82) is 0 Å². The summed E-state index contributed by atoms with van der Waals surface area (Å²) in [6, 6.07) is 20.6. The standard InChI is InChI=1S/C19H22NO/c1-17(19-12-6-3-7-13-19)9-8-14-20(16-21)15-18-10-4-2-5-11-18/h2-7,10-13,17H,8-9,14-15H2,1H3. The Morgan fingerprint density at radius 2 is 1.62 bits per heavy atom. The molecule has 2 aromatic rings. The van der Waals surface area contributed by atoms with Crippen molar-refractivity contribution in [2.45, 2.75) is 32.2 Å². The number of hydrogen-bond donors (Lipinski definition) is 0. The zero-order valence-electron chi connectivity index (χ0n) is 12.5. The van der Waals surface area contributed by atoms with Crippen LogP contribution >= 0.6 is 0 Å². The molecule has 2 heteroatoms. The van der Waals surface area contributed by atoms with Gasteiger partial charge in [-0.2, -0.15) is 0 Å². The van der Waals surface area contributed by atoms with Crippen molar-refractivity contribution in [3.63, 3.8) is 0 Å². The zero-order chi connectivity index (χ0) is 14.9. The molecule has 0 fully saturated rings. The highest BCUT2D eigenvalue weighted by Crippen LogP contribution is 2.20. The number of rotatable bonds is 8. The fourth-order valence-corrected chi connectivity index (χ4v) is 2.50. The van der Waals surface area contributed by atoms with Crippen LogP contribution in [-0.2, 0) is 11.3 Å². The molecule has 2 aromatic carbocycles. The lowest BCUT2D eigenvalue weighted by atomic mass is 9.96. The average Bonchev–Trinajstić information content (AvgIpc) is 2.55. The van der Waals surface area contributed by atoms with Crippen LogP contribution in [0.5, 0.6) is 0 Å². The van der Waals surface area contributed by atoms with E-state index in [4.69, 9.17) is 0 Å². The second-order valence-corrected chi connectivity index (χ2v) is 5.45. The lowest BCUT2D eigenvalue weighted by Crippen LogP contribution is -2.22. The van der Waals surface area contributed by atoms with Crippen molar-refractivity contribution in [1.82, 2.24) is 4.90 Å². The average molecular weight is 280 g/mol. The molecule has 1 amide bonds. The monoisotopic (exact) mass is 280 g/mol. The third kappa shape index (κ3) is 5.07. The third-order valence-corrected chi connectivity index (χ3v) is 3.78. The first-order valence-corrected chi connectivity index (χ1v) is 7.51. The zero-order valence-corrected chi connectivity index (χ0v) is 12.5. The van der Waals surface area contributed by atoms with E-state index in [2.05, 4.69) is 31.2 Å². The number of carbonyl (C=O) groups excluding carboxylic acids is 1. The summed E-state index contributed by atoms with van der Waals surface area (Å²) >= 11 is 0. The predicted octanol–water partition coefficient (Wildman–Crippen LogP) is 4.14. The van der Waals surface area contributed by atoms with Gasteiger partial charge < -0.3 is 4.90 Å². The van der Waals surface area contributed by atoms with Gasteiger partial charge in [0.1, 0.15) is 0 Å². The fourth-order valence-electron chi connectivity index (χ4n) is 2.50. The molecule has 0 aromatic heterocycles. The molecule has 0 spiro atoms. The quantitative estimate of drug-likeness (QED) is 0.665. The maximum atomic E-state index is 11.1. The molecule has 0 aliphatic carbocycles. The van der Waals surface area contributed by atoms with Gasteiger partial charge in [-0.15, -0.1) is 0 Å². The molecule has 0 N–H and O–H groups in total. The van der Waals surface area contributed by atoms with Gasteiger partial charge in [-0.3, -0.25) is 4.79 Å². The topological polar surface area (TPSA) is 20.3 Å². The van der Waals surface area contributed by atoms with E-state index in [1.165, 1.54) is 5.56 Å². The number of benzene rings is 2. The van der Waals surface area contributed by atoms with Crippen molar-refractivity contribution >= 4 is 6.41 Å². The van der Waals surface area contributed by atoms with E-state index in [-0.39, 0.29) is 0 Å². The lowest BCUT2D eigenvalue weighted by Gasteiger charge is -2.18. The molecule has 21 heavy (non-hydrogen) atoms. The number of amides is 1. The molecule has 0 bridgehead atoms. The minimum absolute atomic E-state index is 0.524. The molecular formula is C19H22NO. The highest BCUT2D eigenvalue weighted by atomic mass is 16.1. The van der Waals surface area contributed by atoms with Gasteiger partial charge in [-0.25, -0.2) is 0 Å². The Kier molecular flexibility index (Phi) is 6.01. The Morgan fingerprint density at radius 3 is 2.24 bits per heavy atom. The Labute approximate surface area is 127 Å². The normalized spacial score (nSPS) is 11.9. The molecule has 0 saturated heterocycles. The molecule has 0 heterocycles. The third-order valence-electron chi connectivity index (χ3n) is 3.78. The van der Waals surface area contributed by atoms with Crippen LogP contribution in [0.15, 0.2) is 60.7 Å². The van der Waals surface area contributed by atoms with Gasteiger partial charge in [0, 0.05) is 13.1 Å². The Morgan fingerprint density at radius 1 is 1.00 bits per heavy atom. The van der Waals surface area contributed by atoms with Crippen LogP contribution in [0.2, 0.25) is 0 Å². The fraction of sp³-hybridized carbons (Fsp3) is 0.316. The summed E-state index contributed by atoms with van der Waals surface area (Å²) < 4.78 is 0. The van der Waals surface area contributed by atoms with Crippen LogP contribution in [-0.4, -0.2) is 17.9 Å². The summed E-state index contributed by atoms with van der Waals surface area (Å²) in [7, 11) is 0. The van der Waals surface area contributed by atoms with Gasteiger partial charge in [-0.1, -0.05) is 67.6 Å². The molecule has 0 aliphatic heterocycles. The summed E-state index contributed by atoms with van der Waals surface area (Å²) in [4.78, 5) is 12.8. The van der Waals surface area contributed by atoms with Gasteiger partial charge >= 0.3 is 6.41 Å². The van der Waals surface area contributed by atoms with E-state index in [0.717, 1.165) is 24.9 Å². The highest BCUT2D eigenvalue weighted by molar-refractivity contribution is 5.48. The molecule has 1 radical (unpaired) electrons. The van der Waals surface area contributed by atoms with Crippen LogP contribution in [0.4, 0.5) is 0 Å². The van der Waals surface area contributed by atoms with E-state index in [1.54, 1.807) is 4.90 Å². The van der Waals surface area contributed by atoms with Crippen LogP contribution in [0.25, 0.3) is 0 Å². The molecule has 0 saturated carbocycles. The van der Waals surface area contributed by atoms with E-state index in [1.807, 2.05) is 42.8 Å². The van der Waals surface area contributed by atoms with Gasteiger partial charge in [0.05, 0.1) is 0 Å². The smallest absolute Gasteiger partial charge is 0.312 e. The second kappa shape index (κ2) is 8.25. The Balaban J connectivity index is 1.77. The molecule has 2 nitrogen and oxygen atoms in total. The minimum atomic E-state index is 0.524. The van der Waals surface area contributed by atoms with Crippen LogP contribution in [0.1, 0.15) is 36.8 Å². The van der Waals surface area contributed by atoms with Crippen molar-refractivity contribution in [3.05, 3.63) is 71.8 Å². The largest absolute Gasteiger partial charge is 0.330 e. The maximum absolute atomic E-state index is 11.1. The van der Waals surface area contributed by atoms with Crippen molar-refractivity contribution in [2.75, 3.05) is 6.54 Å². The number of nitrogens with zero attached hydrogens (tertiary/aromatic N) is 1. The summed E-state index contributed by atoms with van der Waals surface area (Å²) in [5.74, 6) is 0.524. The van der Waals surface area contributed by atoms with Crippen LogP contribution in [0.3, 0.4) is 0 Å². The van der Waals surface area contributed by atoms with Crippen LogP contribution < -0.4 is 0 Å². The van der Waals surface area contributed by atoms with Gasteiger partial charge in [0.2, 0.25) is 0 Å². The molecule has 0 aliphatic rings. The van der Waals surface area contributed by atoms with Gasteiger partial charge in [0.25, 0.3) is 0 Å². The summed E-state index contributed by atoms with van der Waals surface area (Å²) in [6.07, 6.45) is 4.13. The summed E-state index contributed by atoms with van der Waals surface area (Å²) in [5.41, 5.74) is 2.51. The molecular weight excluding hydrogens is 258 g/mol. The van der Waals surface area contributed by atoms with Gasteiger partial charge in [0.15, 0.2) is 0 Å². The summed E-state index contributed by atoms with van der Waals surface area (Å²) in [6.45, 7) is 3.64. The van der Waals surface area contributed by atoms with E-state index in [0.29, 0.717) is 12.5 Å². The van der Waals surface area contributed by atoms with Crippen molar-refractivity contribution < 1.29 is 4.79 Å². The number of hydrogen-bond acceptors (Lipinski definition) is 1. The molecule has 1 unspecified atom stereocenters. The van der Waals surface area contributed by atoms with Crippen molar-refractivity contribution in [3.8, 4) is 0 Å².